The minimum Gasteiger partial charge on any atom is -0.454 e. The number of oxime groups is 1. The molecule has 0 N–H and O–H groups in total. The SMILES string of the molecule is CC1=C2[C@H]3OC(=O)C4(CC(c5ccc([N+](=O)[O-])cc5)=NO4)[C@@H]3CC[C@@]2(C)C=CC1=O. The Morgan fingerprint density at radius 2 is 1.97 bits per heavy atom. The first-order valence-electron chi connectivity index (χ1n) is 9.91. The Kier molecular flexibility index (Phi) is 3.81. The molecule has 4 aliphatic rings. The number of hydrogen-bond acceptors (Lipinski definition) is 7. The number of esters is 1. The summed E-state index contributed by atoms with van der Waals surface area (Å²) in [4.78, 5) is 41.5. The molecule has 2 heterocycles. The number of ether oxygens (including phenoxy) is 1. The molecule has 1 spiro atoms. The Hall–Kier alpha value is -3.29. The first kappa shape index (κ1) is 18.7. The van der Waals surface area contributed by atoms with Crippen molar-refractivity contribution < 1.29 is 24.1 Å². The second kappa shape index (κ2) is 6.10. The van der Waals surface area contributed by atoms with Gasteiger partial charge in [-0.2, -0.15) is 0 Å². The van der Waals surface area contributed by atoms with Gasteiger partial charge in [0.05, 0.1) is 16.6 Å². The van der Waals surface area contributed by atoms with Crippen LogP contribution in [0.5, 0.6) is 0 Å². The summed E-state index contributed by atoms with van der Waals surface area (Å²) in [6, 6.07) is 6.01. The molecule has 8 heteroatoms. The number of nitrogens with zero attached hydrogens (tertiary/aromatic N) is 2. The predicted octanol–water partition coefficient (Wildman–Crippen LogP) is 3.26. The van der Waals surface area contributed by atoms with Gasteiger partial charge in [-0.15, -0.1) is 0 Å². The predicted molar refractivity (Wildman–Crippen MR) is 106 cm³/mol. The van der Waals surface area contributed by atoms with Gasteiger partial charge in [-0.05, 0) is 49.1 Å². The molecule has 1 saturated heterocycles. The lowest BCUT2D eigenvalue weighted by molar-refractivity contribution is -0.384. The van der Waals surface area contributed by atoms with Gasteiger partial charge in [0.15, 0.2) is 5.78 Å². The van der Waals surface area contributed by atoms with E-state index in [0.717, 1.165) is 12.0 Å². The van der Waals surface area contributed by atoms with E-state index in [-0.39, 0.29) is 29.2 Å². The molecule has 2 aliphatic carbocycles. The van der Waals surface area contributed by atoms with Crippen molar-refractivity contribution in [1.29, 1.82) is 0 Å². The van der Waals surface area contributed by atoms with Gasteiger partial charge in [0.1, 0.15) is 6.10 Å². The number of rotatable bonds is 2. The molecule has 0 radical (unpaired) electrons. The fourth-order valence-electron chi connectivity index (χ4n) is 5.27. The van der Waals surface area contributed by atoms with Gasteiger partial charge in [0, 0.05) is 29.5 Å². The van der Waals surface area contributed by atoms with Gasteiger partial charge < -0.3 is 9.57 Å². The highest BCUT2D eigenvalue weighted by molar-refractivity contribution is 6.07. The number of carbonyl (C=O) groups excluding carboxylic acids is 2. The molecule has 0 aromatic heterocycles. The Labute approximate surface area is 172 Å². The van der Waals surface area contributed by atoms with Crippen molar-refractivity contribution in [1.82, 2.24) is 0 Å². The van der Waals surface area contributed by atoms with E-state index in [0.29, 0.717) is 23.3 Å². The van der Waals surface area contributed by atoms with E-state index in [2.05, 4.69) is 12.1 Å². The van der Waals surface area contributed by atoms with Crippen LogP contribution in [0, 0.1) is 21.4 Å². The van der Waals surface area contributed by atoms with Crippen molar-refractivity contribution in [2.24, 2.45) is 16.5 Å². The standard InChI is InChI=1S/C22H20N2O6/c1-12-17(25)8-10-21(2)9-7-15-19(18(12)21)29-20(26)22(15)11-16(23-30-22)13-3-5-14(6-4-13)24(27)28/h3-6,8,10,15,19H,7,9,11H2,1-2H3/t15-,19+,21+,22?/m1/s1. The quantitative estimate of drug-likeness (QED) is 0.422. The number of non-ortho nitro benzene ring substituents is 1. The summed E-state index contributed by atoms with van der Waals surface area (Å²) >= 11 is 0. The van der Waals surface area contributed by atoms with Crippen molar-refractivity contribution in [3.05, 3.63) is 63.2 Å². The van der Waals surface area contributed by atoms with Gasteiger partial charge in [-0.1, -0.05) is 18.2 Å². The summed E-state index contributed by atoms with van der Waals surface area (Å²) in [5, 5.41) is 15.0. The molecule has 1 aromatic carbocycles. The topological polar surface area (TPSA) is 108 Å². The normalized spacial score (nSPS) is 34.4. The zero-order chi connectivity index (χ0) is 21.3. The summed E-state index contributed by atoms with van der Waals surface area (Å²) in [6.07, 6.45) is 4.72. The van der Waals surface area contributed by atoms with E-state index in [1.165, 1.54) is 12.1 Å². The Morgan fingerprint density at radius 1 is 1.23 bits per heavy atom. The number of ketones is 1. The van der Waals surface area contributed by atoms with Crippen LogP contribution >= 0.6 is 0 Å². The van der Waals surface area contributed by atoms with Crippen LogP contribution < -0.4 is 0 Å². The van der Waals surface area contributed by atoms with E-state index in [9.17, 15) is 19.7 Å². The van der Waals surface area contributed by atoms with Crippen LogP contribution in [0.4, 0.5) is 5.69 Å². The Balaban J connectivity index is 1.46. The van der Waals surface area contributed by atoms with Crippen molar-refractivity contribution in [2.45, 2.75) is 44.8 Å². The lowest BCUT2D eigenvalue weighted by atomic mass is 9.60. The fourth-order valence-corrected chi connectivity index (χ4v) is 5.27. The summed E-state index contributed by atoms with van der Waals surface area (Å²) in [6.45, 7) is 3.85. The monoisotopic (exact) mass is 408 g/mol. The highest BCUT2D eigenvalue weighted by atomic mass is 16.7. The fraction of sp³-hybridized carbons (Fsp3) is 0.409. The third-order valence-electron chi connectivity index (χ3n) is 6.95. The Morgan fingerprint density at radius 3 is 2.67 bits per heavy atom. The van der Waals surface area contributed by atoms with Gasteiger partial charge in [0.2, 0.25) is 5.60 Å². The summed E-state index contributed by atoms with van der Waals surface area (Å²) in [5.41, 5.74) is 1.17. The number of hydrogen-bond donors (Lipinski definition) is 0. The number of carbonyl (C=O) groups is 2. The third kappa shape index (κ3) is 2.42. The van der Waals surface area contributed by atoms with E-state index in [1.54, 1.807) is 25.1 Å². The molecule has 1 aromatic rings. The van der Waals surface area contributed by atoms with E-state index in [1.807, 2.05) is 6.08 Å². The van der Waals surface area contributed by atoms with Crippen LogP contribution in [-0.4, -0.2) is 34.1 Å². The number of benzene rings is 1. The number of allylic oxidation sites excluding steroid dienone is 3. The number of fused-ring (bicyclic) bond motifs is 4. The first-order chi connectivity index (χ1) is 14.2. The summed E-state index contributed by atoms with van der Waals surface area (Å²) < 4.78 is 5.82. The molecule has 30 heavy (non-hydrogen) atoms. The smallest absolute Gasteiger partial charge is 0.354 e. The number of nitro groups is 1. The van der Waals surface area contributed by atoms with Crippen molar-refractivity contribution in [3.8, 4) is 0 Å². The highest BCUT2D eigenvalue weighted by Gasteiger charge is 2.66. The van der Waals surface area contributed by atoms with Crippen molar-refractivity contribution in [3.63, 3.8) is 0 Å². The second-order valence-corrected chi connectivity index (χ2v) is 8.62. The van der Waals surface area contributed by atoms with E-state index >= 15 is 0 Å². The molecule has 2 fully saturated rings. The maximum atomic E-state index is 13.0. The van der Waals surface area contributed by atoms with Crippen molar-refractivity contribution >= 4 is 23.2 Å². The molecule has 1 saturated carbocycles. The lowest BCUT2D eigenvalue weighted by Gasteiger charge is -2.43. The third-order valence-corrected chi connectivity index (χ3v) is 6.95. The van der Waals surface area contributed by atoms with Crippen LogP contribution in [-0.2, 0) is 19.2 Å². The molecule has 2 aliphatic heterocycles. The number of nitro benzene ring substituents is 1. The zero-order valence-corrected chi connectivity index (χ0v) is 16.6. The maximum absolute atomic E-state index is 13.0. The molecule has 4 atom stereocenters. The largest absolute Gasteiger partial charge is 0.454 e. The van der Waals surface area contributed by atoms with Crippen LogP contribution in [0.15, 0.2) is 52.7 Å². The molecule has 0 amide bonds. The molecule has 0 bridgehead atoms. The molecular weight excluding hydrogens is 388 g/mol. The summed E-state index contributed by atoms with van der Waals surface area (Å²) in [5.74, 6) is -0.776. The Bertz CT molecular complexity index is 1090. The maximum Gasteiger partial charge on any atom is 0.354 e. The van der Waals surface area contributed by atoms with Crippen LogP contribution in [0.1, 0.15) is 38.7 Å². The van der Waals surface area contributed by atoms with Crippen molar-refractivity contribution in [2.75, 3.05) is 0 Å². The van der Waals surface area contributed by atoms with Crippen LogP contribution in [0.3, 0.4) is 0 Å². The minimum absolute atomic E-state index is 0.0164. The van der Waals surface area contributed by atoms with Gasteiger partial charge in [-0.25, -0.2) is 4.79 Å². The lowest BCUT2D eigenvalue weighted by Crippen LogP contribution is -2.47. The van der Waals surface area contributed by atoms with E-state index < -0.39 is 22.6 Å². The first-order valence-corrected chi connectivity index (χ1v) is 9.91. The molecule has 8 nitrogen and oxygen atoms in total. The average molecular weight is 408 g/mol. The van der Waals surface area contributed by atoms with Gasteiger partial charge in [0.25, 0.3) is 5.69 Å². The van der Waals surface area contributed by atoms with Crippen LogP contribution in [0.2, 0.25) is 0 Å². The van der Waals surface area contributed by atoms with Gasteiger partial charge >= 0.3 is 5.97 Å². The van der Waals surface area contributed by atoms with Gasteiger partial charge in [-0.3, -0.25) is 14.9 Å². The van der Waals surface area contributed by atoms with E-state index in [4.69, 9.17) is 9.57 Å². The zero-order valence-electron chi connectivity index (χ0n) is 16.6. The molecule has 5 rings (SSSR count). The average Bonchev–Trinajstić information content (AvgIpc) is 3.28. The molecular formula is C22H20N2O6. The summed E-state index contributed by atoms with van der Waals surface area (Å²) in [7, 11) is 0. The molecule has 154 valence electrons. The van der Waals surface area contributed by atoms with Crippen LogP contribution in [0.25, 0.3) is 0 Å². The molecule has 1 unspecified atom stereocenters. The highest BCUT2D eigenvalue weighted by Crippen LogP contribution is 2.56. The minimum atomic E-state index is -1.22. The second-order valence-electron chi connectivity index (χ2n) is 8.62.